The summed E-state index contributed by atoms with van der Waals surface area (Å²) < 4.78 is 14.2. The molecule has 0 saturated heterocycles. The van der Waals surface area contributed by atoms with E-state index in [2.05, 4.69) is 24.3 Å². The molecule has 9 heteroatoms. The number of anilines is 1. The summed E-state index contributed by atoms with van der Waals surface area (Å²) in [6, 6.07) is 19.4. The van der Waals surface area contributed by atoms with Gasteiger partial charge in [-0.15, -0.1) is 10.2 Å². The Morgan fingerprint density at radius 2 is 1.86 bits per heavy atom. The summed E-state index contributed by atoms with van der Waals surface area (Å²) in [4.78, 5) is 12.3. The van der Waals surface area contributed by atoms with Gasteiger partial charge in [0.25, 0.3) is 5.22 Å². The van der Waals surface area contributed by atoms with Crippen LogP contribution in [0.15, 0.2) is 70.3 Å². The molecule has 0 radical (unpaired) electrons. The summed E-state index contributed by atoms with van der Waals surface area (Å²) in [6.07, 6.45) is 0. The van der Waals surface area contributed by atoms with Crippen LogP contribution < -0.4 is 5.32 Å². The van der Waals surface area contributed by atoms with E-state index in [4.69, 9.17) is 4.42 Å². The fraction of sp³-hybridized carbons (Fsp3) is 0.0500. The molecule has 2 aromatic heterocycles. The second kappa shape index (κ2) is 7.61. The number of hydrogen-bond donors (Lipinski definition) is 1. The number of fused-ring (bicyclic) bond motifs is 2. The predicted octanol–water partition coefficient (Wildman–Crippen LogP) is 4.63. The predicted molar refractivity (Wildman–Crippen MR) is 114 cm³/mol. The van der Waals surface area contributed by atoms with E-state index in [1.165, 1.54) is 11.8 Å². The van der Waals surface area contributed by atoms with Gasteiger partial charge >= 0.3 is 0 Å². The Labute approximate surface area is 173 Å². The molecule has 5 rings (SSSR count). The van der Waals surface area contributed by atoms with Gasteiger partial charge in [-0.05, 0) is 29.0 Å². The molecule has 0 aliphatic carbocycles. The number of hydrogen-bond acceptors (Lipinski definition) is 8. The van der Waals surface area contributed by atoms with Crippen molar-refractivity contribution in [3.63, 3.8) is 0 Å². The van der Waals surface area contributed by atoms with E-state index in [0.29, 0.717) is 22.3 Å². The van der Waals surface area contributed by atoms with E-state index >= 15 is 0 Å². The van der Waals surface area contributed by atoms with Crippen LogP contribution in [0.4, 0.5) is 5.69 Å². The van der Waals surface area contributed by atoms with Crippen molar-refractivity contribution in [1.29, 1.82) is 0 Å². The lowest BCUT2D eigenvalue weighted by Gasteiger charge is -2.04. The molecule has 0 atom stereocenters. The van der Waals surface area contributed by atoms with Crippen molar-refractivity contribution in [3.05, 3.63) is 60.7 Å². The van der Waals surface area contributed by atoms with Gasteiger partial charge in [0.1, 0.15) is 11.0 Å². The minimum absolute atomic E-state index is 0.144. The number of aromatic nitrogens is 4. The minimum atomic E-state index is -0.180. The van der Waals surface area contributed by atoms with Crippen LogP contribution >= 0.6 is 23.5 Å². The number of benzene rings is 3. The van der Waals surface area contributed by atoms with Gasteiger partial charge in [-0.3, -0.25) is 4.79 Å². The van der Waals surface area contributed by atoms with Crippen LogP contribution in [-0.2, 0) is 4.79 Å². The highest BCUT2D eigenvalue weighted by atomic mass is 32.2. The molecule has 29 heavy (non-hydrogen) atoms. The molecule has 0 aliphatic heterocycles. The summed E-state index contributed by atoms with van der Waals surface area (Å²) in [5.41, 5.74) is 2.96. The molecule has 2 heterocycles. The van der Waals surface area contributed by atoms with Gasteiger partial charge in [0.2, 0.25) is 11.8 Å². The fourth-order valence-corrected chi connectivity index (χ4v) is 4.12. The Morgan fingerprint density at radius 3 is 2.83 bits per heavy atom. The summed E-state index contributed by atoms with van der Waals surface area (Å²) in [5, 5.41) is 13.6. The molecule has 0 saturated carbocycles. The standard InChI is InChI=1S/C20H13N5O2S2/c26-17(21-15-9-4-10-16-18(15)25-29-24-16)11-28-20-23-22-19(27-20)14-8-3-6-12-5-1-2-7-13(12)14/h1-10H,11H2,(H,21,26). The fourth-order valence-electron chi connectivity index (χ4n) is 3.01. The van der Waals surface area contributed by atoms with Crippen LogP contribution in [0.2, 0.25) is 0 Å². The van der Waals surface area contributed by atoms with Gasteiger partial charge in [0, 0.05) is 5.56 Å². The molecule has 1 amide bonds. The number of rotatable bonds is 5. The Balaban J connectivity index is 1.29. The van der Waals surface area contributed by atoms with Gasteiger partial charge in [0.15, 0.2) is 0 Å². The van der Waals surface area contributed by atoms with Crippen molar-refractivity contribution in [2.75, 3.05) is 11.1 Å². The maximum Gasteiger partial charge on any atom is 0.277 e. The first kappa shape index (κ1) is 17.8. The summed E-state index contributed by atoms with van der Waals surface area (Å²) in [7, 11) is 0. The highest BCUT2D eigenvalue weighted by molar-refractivity contribution is 7.99. The van der Waals surface area contributed by atoms with E-state index in [1.54, 1.807) is 6.07 Å². The first-order valence-corrected chi connectivity index (χ1v) is 10.4. The maximum absolute atomic E-state index is 12.3. The van der Waals surface area contributed by atoms with Crippen molar-refractivity contribution in [2.24, 2.45) is 0 Å². The Morgan fingerprint density at radius 1 is 1.00 bits per heavy atom. The van der Waals surface area contributed by atoms with Crippen LogP contribution in [0.1, 0.15) is 0 Å². The molecule has 5 aromatic rings. The van der Waals surface area contributed by atoms with Crippen LogP contribution in [0.5, 0.6) is 0 Å². The van der Waals surface area contributed by atoms with Crippen LogP contribution in [0.3, 0.4) is 0 Å². The first-order valence-electron chi connectivity index (χ1n) is 8.73. The highest BCUT2D eigenvalue weighted by Gasteiger charge is 2.14. The number of carbonyl (C=O) groups excluding carboxylic acids is 1. The van der Waals surface area contributed by atoms with E-state index in [-0.39, 0.29) is 11.7 Å². The third kappa shape index (κ3) is 3.57. The Hall–Kier alpha value is -3.30. The molecule has 142 valence electrons. The van der Waals surface area contributed by atoms with Crippen molar-refractivity contribution >= 4 is 56.9 Å². The molecule has 0 bridgehead atoms. The molecule has 1 N–H and O–H groups in total. The van der Waals surface area contributed by atoms with Gasteiger partial charge in [-0.1, -0.05) is 54.2 Å². The lowest BCUT2D eigenvalue weighted by Crippen LogP contribution is -2.14. The van der Waals surface area contributed by atoms with Crippen molar-refractivity contribution in [3.8, 4) is 11.5 Å². The lowest BCUT2D eigenvalue weighted by atomic mass is 10.0. The van der Waals surface area contributed by atoms with E-state index in [1.807, 2.05) is 54.6 Å². The van der Waals surface area contributed by atoms with E-state index in [0.717, 1.165) is 33.6 Å². The van der Waals surface area contributed by atoms with Gasteiger partial charge < -0.3 is 9.73 Å². The average Bonchev–Trinajstić information content (AvgIpc) is 3.42. The third-order valence-corrected chi connectivity index (χ3v) is 5.67. The molecule has 0 spiro atoms. The second-order valence-electron chi connectivity index (χ2n) is 6.17. The number of amides is 1. The largest absolute Gasteiger partial charge is 0.411 e. The monoisotopic (exact) mass is 419 g/mol. The van der Waals surface area contributed by atoms with E-state index in [9.17, 15) is 4.79 Å². The molecule has 0 fully saturated rings. The van der Waals surface area contributed by atoms with Crippen molar-refractivity contribution in [2.45, 2.75) is 5.22 Å². The molecule has 0 unspecified atom stereocenters. The third-order valence-electron chi connectivity index (χ3n) is 4.31. The lowest BCUT2D eigenvalue weighted by molar-refractivity contribution is -0.113. The van der Waals surface area contributed by atoms with E-state index < -0.39 is 0 Å². The zero-order valence-electron chi connectivity index (χ0n) is 14.9. The maximum atomic E-state index is 12.3. The SMILES string of the molecule is O=C(CSc1nnc(-c2cccc3ccccc23)o1)Nc1cccc2nsnc12. The molecular formula is C20H13N5O2S2. The highest BCUT2D eigenvalue weighted by Crippen LogP contribution is 2.29. The quantitative estimate of drug-likeness (QED) is 0.415. The van der Waals surface area contributed by atoms with Crippen molar-refractivity contribution < 1.29 is 9.21 Å². The second-order valence-corrected chi connectivity index (χ2v) is 7.63. The van der Waals surface area contributed by atoms with Crippen molar-refractivity contribution in [1.82, 2.24) is 18.9 Å². The smallest absolute Gasteiger partial charge is 0.277 e. The number of nitrogens with zero attached hydrogens (tertiary/aromatic N) is 4. The summed E-state index contributed by atoms with van der Waals surface area (Å²) in [6.45, 7) is 0. The minimum Gasteiger partial charge on any atom is -0.411 e. The molecule has 0 aliphatic rings. The summed E-state index contributed by atoms with van der Waals surface area (Å²) >= 11 is 2.31. The normalized spacial score (nSPS) is 11.2. The summed E-state index contributed by atoms with van der Waals surface area (Å²) in [5.74, 6) is 0.397. The Kier molecular flexibility index (Phi) is 4.66. The first-order chi connectivity index (χ1) is 14.3. The van der Waals surface area contributed by atoms with Crippen LogP contribution in [0.25, 0.3) is 33.3 Å². The topological polar surface area (TPSA) is 93.8 Å². The Bertz CT molecular complexity index is 1330. The zero-order chi connectivity index (χ0) is 19.6. The van der Waals surface area contributed by atoms with Crippen LogP contribution in [-0.4, -0.2) is 30.6 Å². The van der Waals surface area contributed by atoms with Gasteiger partial charge in [0.05, 0.1) is 23.2 Å². The number of carbonyl (C=O) groups is 1. The number of thioether (sulfide) groups is 1. The average molecular weight is 419 g/mol. The number of nitrogens with one attached hydrogen (secondary N) is 1. The van der Waals surface area contributed by atoms with Gasteiger partial charge in [-0.2, -0.15) is 8.75 Å². The zero-order valence-corrected chi connectivity index (χ0v) is 16.5. The van der Waals surface area contributed by atoms with Crippen LogP contribution in [0, 0.1) is 0 Å². The van der Waals surface area contributed by atoms with Gasteiger partial charge in [-0.25, -0.2) is 0 Å². The molecule has 3 aromatic carbocycles. The molecule has 7 nitrogen and oxygen atoms in total. The molecular weight excluding hydrogens is 406 g/mol.